The highest BCUT2D eigenvalue weighted by Crippen LogP contribution is 2.30. The van der Waals surface area contributed by atoms with E-state index in [0.29, 0.717) is 37.9 Å². The minimum Gasteiger partial charge on any atom is -0.378 e. The Labute approximate surface area is 173 Å². The summed E-state index contributed by atoms with van der Waals surface area (Å²) in [6, 6.07) is 12.2. The Bertz CT molecular complexity index is 1020. The van der Waals surface area contributed by atoms with Gasteiger partial charge in [0.15, 0.2) is 5.82 Å². The highest BCUT2D eigenvalue weighted by Gasteiger charge is 2.19. The molecular weight excluding hydrogens is 389 g/mol. The highest BCUT2D eigenvalue weighted by atomic mass is 32.2. The van der Waals surface area contributed by atoms with Gasteiger partial charge in [0.25, 0.3) is 0 Å². The lowest BCUT2D eigenvalue weighted by molar-refractivity contribution is -0.132. The van der Waals surface area contributed by atoms with Crippen LogP contribution in [0.1, 0.15) is 12.5 Å². The van der Waals surface area contributed by atoms with E-state index in [0.717, 1.165) is 33.5 Å². The summed E-state index contributed by atoms with van der Waals surface area (Å²) in [5.74, 6) is 0.639. The van der Waals surface area contributed by atoms with Crippen LogP contribution in [0.15, 0.2) is 47.5 Å². The molecule has 0 saturated carbocycles. The highest BCUT2D eigenvalue weighted by molar-refractivity contribution is 8.00. The number of fused-ring (bicyclic) bond motifs is 1. The standard InChI is InChI=1S/C22H22FN3O2S/c1-2-15-4-3-5-18-20(15)24-21(16-6-8-17(23)9-7-16)25-22(18)29-14-19(27)26-10-12-28-13-11-26/h3-9H,2,10-14H2,1H3. The number of hydrogen-bond donors (Lipinski definition) is 0. The Morgan fingerprint density at radius 3 is 2.62 bits per heavy atom. The van der Waals surface area contributed by atoms with Crippen LogP contribution in [0.25, 0.3) is 22.3 Å². The summed E-state index contributed by atoms with van der Waals surface area (Å²) in [6.07, 6.45) is 0.841. The van der Waals surface area contributed by atoms with Crippen LogP contribution in [0, 0.1) is 5.82 Å². The van der Waals surface area contributed by atoms with Crippen LogP contribution in [-0.2, 0) is 16.0 Å². The number of nitrogens with zero attached hydrogens (tertiary/aromatic N) is 3. The summed E-state index contributed by atoms with van der Waals surface area (Å²) in [7, 11) is 0. The number of carbonyl (C=O) groups is 1. The van der Waals surface area contributed by atoms with Crippen molar-refractivity contribution in [1.82, 2.24) is 14.9 Å². The lowest BCUT2D eigenvalue weighted by Gasteiger charge is -2.26. The Balaban J connectivity index is 1.69. The van der Waals surface area contributed by atoms with E-state index in [-0.39, 0.29) is 11.7 Å². The second kappa shape index (κ2) is 8.88. The smallest absolute Gasteiger partial charge is 0.233 e. The van der Waals surface area contributed by atoms with Crippen LogP contribution in [0.4, 0.5) is 4.39 Å². The van der Waals surface area contributed by atoms with E-state index in [1.165, 1.54) is 23.9 Å². The zero-order chi connectivity index (χ0) is 20.2. The van der Waals surface area contributed by atoms with Crippen LogP contribution in [0.3, 0.4) is 0 Å². The molecule has 1 aromatic heterocycles. The molecule has 7 heteroatoms. The summed E-state index contributed by atoms with van der Waals surface area (Å²) >= 11 is 1.43. The first kappa shape index (κ1) is 19.8. The van der Waals surface area contributed by atoms with Gasteiger partial charge in [-0.1, -0.05) is 36.9 Å². The number of benzene rings is 2. The lowest BCUT2D eigenvalue weighted by Crippen LogP contribution is -2.41. The average molecular weight is 412 g/mol. The molecule has 0 atom stereocenters. The summed E-state index contributed by atoms with van der Waals surface area (Å²) in [4.78, 5) is 23.9. The monoisotopic (exact) mass is 411 g/mol. The molecule has 0 N–H and O–H groups in total. The summed E-state index contributed by atoms with van der Waals surface area (Å²) < 4.78 is 18.7. The molecule has 0 unspecified atom stereocenters. The minimum atomic E-state index is -0.297. The van der Waals surface area contributed by atoms with Crippen molar-refractivity contribution in [1.29, 1.82) is 0 Å². The second-order valence-electron chi connectivity index (χ2n) is 6.81. The third-order valence-corrected chi connectivity index (χ3v) is 5.93. The van der Waals surface area contributed by atoms with E-state index in [2.05, 4.69) is 13.0 Å². The molecule has 1 aliphatic heterocycles. The number of rotatable bonds is 5. The number of halogens is 1. The largest absolute Gasteiger partial charge is 0.378 e. The molecule has 29 heavy (non-hydrogen) atoms. The number of para-hydroxylation sites is 1. The van der Waals surface area contributed by atoms with E-state index >= 15 is 0 Å². The van der Waals surface area contributed by atoms with Crippen LogP contribution in [0.5, 0.6) is 0 Å². The van der Waals surface area contributed by atoms with E-state index < -0.39 is 0 Å². The van der Waals surface area contributed by atoms with Crippen LogP contribution >= 0.6 is 11.8 Å². The van der Waals surface area contributed by atoms with Crippen molar-refractivity contribution in [2.24, 2.45) is 0 Å². The van der Waals surface area contributed by atoms with Gasteiger partial charge in [0.1, 0.15) is 10.8 Å². The quantitative estimate of drug-likeness (QED) is 0.470. The summed E-state index contributed by atoms with van der Waals surface area (Å²) in [5.41, 5.74) is 2.75. The van der Waals surface area contributed by atoms with Crippen LogP contribution in [0.2, 0.25) is 0 Å². The molecular formula is C22H22FN3O2S. The number of carbonyl (C=O) groups excluding carboxylic acids is 1. The SMILES string of the molecule is CCc1cccc2c(SCC(=O)N3CCOCC3)nc(-c3ccc(F)cc3)nc12. The molecule has 4 rings (SSSR count). The van der Waals surface area contributed by atoms with Crippen LogP contribution < -0.4 is 0 Å². The Hall–Kier alpha value is -2.51. The minimum absolute atomic E-state index is 0.0834. The fourth-order valence-corrected chi connectivity index (χ4v) is 4.25. The van der Waals surface area contributed by atoms with Crippen molar-refractivity contribution < 1.29 is 13.9 Å². The summed E-state index contributed by atoms with van der Waals surface area (Å²) in [5, 5.41) is 1.71. The molecule has 1 saturated heterocycles. The number of aromatic nitrogens is 2. The normalized spacial score (nSPS) is 14.3. The van der Waals surface area contributed by atoms with Gasteiger partial charge < -0.3 is 9.64 Å². The Morgan fingerprint density at radius 2 is 1.90 bits per heavy atom. The average Bonchev–Trinajstić information content (AvgIpc) is 2.77. The molecule has 5 nitrogen and oxygen atoms in total. The maximum absolute atomic E-state index is 13.3. The number of aryl methyl sites for hydroxylation is 1. The first-order chi connectivity index (χ1) is 14.2. The molecule has 3 aromatic rings. The molecule has 0 spiro atoms. The molecule has 0 radical (unpaired) electrons. The maximum atomic E-state index is 13.3. The van der Waals surface area contributed by atoms with Crippen molar-refractivity contribution in [2.75, 3.05) is 32.1 Å². The lowest BCUT2D eigenvalue weighted by atomic mass is 10.1. The van der Waals surface area contributed by atoms with Gasteiger partial charge in [0.2, 0.25) is 5.91 Å². The second-order valence-corrected chi connectivity index (χ2v) is 7.77. The van der Waals surface area contributed by atoms with Gasteiger partial charge in [0, 0.05) is 24.0 Å². The molecule has 2 heterocycles. The maximum Gasteiger partial charge on any atom is 0.233 e. The molecule has 1 fully saturated rings. The number of morpholine rings is 1. The molecule has 0 aliphatic carbocycles. The van der Waals surface area contributed by atoms with E-state index in [1.807, 2.05) is 17.0 Å². The van der Waals surface area contributed by atoms with Crippen molar-refractivity contribution in [2.45, 2.75) is 18.4 Å². The fourth-order valence-electron chi connectivity index (χ4n) is 3.34. The number of amides is 1. The molecule has 150 valence electrons. The van der Waals surface area contributed by atoms with Gasteiger partial charge in [-0.3, -0.25) is 4.79 Å². The van der Waals surface area contributed by atoms with Gasteiger partial charge in [-0.05, 0) is 36.2 Å². The third kappa shape index (κ3) is 4.41. The van der Waals surface area contributed by atoms with Gasteiger partial charge >= 0.3 is 0 Å². The number of hydrogen-bond acceptors (Lipinski definition) is 5. The zero-order valence-corrected chi connectivity index (χ0v) is 17.0. The fraction of sp³-hybridized carbons (Fsp3) is 0.318. The predicted molar refractivity (Wildman–Crippen MR) is 112 cm³/mol. The van der Waals surface area contributed by atoms with E-state index in [9.17, 15) is 9.18 Å². The number of thioether (sulfide) groups is 1. The van der Waals surface area contributed by atoms with E-state index in [4.69, 9.17) is 14.7 Å². The Morgan fingerprint density at radius 1 is 1.14 bits per heavy atom. The zero-order valence-electron chi connectivity index (χ0n) is 16.2. The first-order valence-electron chi connectivity index (χ1n) is 9.69. The summed E-state index contributed by atoms with van der Waals surface area (Å²) in [6.45, 7) is 4.52. The van der Waals surface area contributed by atoms with Gasteiger partial charge in [0.05, 0.1) is 24.5 Å². The van der Waals surface area contributed by atoms with Crippen LogP contribution in [-0.4, -0.2) is 52.8 Å². The molecule has 0 bridgehead atoms. The van der Waals surface area contributed by atoms with E-state index in [1.54, 1.807) is 12.1 Å². The van der Waals surface area contributed by atoms with Crippen molar-refractivity contribution in [3.05, 3.63) is 53.8 Å². The topological polar surface area (TPSA) is 55.3 Å². The van der Waals surface area contributed by atoms with Gasteiger partial charge in [-0.2, -0.15) is 0 Å². The van der Waals surface area contributed by atoms with Gasteiger partial charge in [-0.15, -0.1) is 0 Å². The Kier molecular flexibility index (Phi) is 6.06. The van der Waals surface area contributed by atoms with Crippen molar-refractivity contribution >= 4 is 28.6 Å². The van der Waals surface area contributed by atoms with Gasteiger partial charge in [-0.25, -0.2) is 14.4 Å². The van der Waals surface area contributed by atoms with Crippen molar-refractivity contribution in [3.63, 3.8) is 0 Å². The number of ether oxygens (including phenoxy) is 1. The molecule has 1 aliphatic rings. The predicted octanol–water partition coefficient (Wildman–Crippen LogP) is 3.95. The molecule has 1 amide bonds. The van der Waals surface area contributed by atoms with Crippen molar-refractivity contribution in [3.8, 4) is 11.4 Å². The first-order valence-corrected chi connectivity index (χ1v) is 10.7. The molecule has 2 aromatic carbocycles. The third-order valence-electron chi connectivity index (χ3n) is 4.95.